The van der Waals surface area contributed by atoms with Crippen LogP contribution in [0.5, 0.6) is 0 Å². The van der Waals surface area contributed by atoms with E-state index in [0.29, 0.717) is 0 Å². The SMILES string of the molecule is CC(C(=O)OC12CC3CC(CC(C3)C1)C2)c1ccc(N)cc1. The Kier molecular flexibility index (Phi) is 3.21. The number of rotatable bonds is 3. The minimum Gasteiger partial charge on any atom is -0.459 e. The second kappa shape index (κ2) is 5.00. The lowest BCUT2D eigenvalue weighted by molar-refractivity contribution is -0.187. The van der Waals surface area contributed by atoms with Gasteiger partial charge in [0, 0.05) is 5.69 Å². The zero-order valence-corrected chi connectivity index (χ0v) is 13.3. The maximum Gasteiger partial charge on any atom is 0.313 e. The summed E-state index contributed by atoms with van der Waals surface area (Å²) in [4.78, 5) is 12.7. The third kappa shape index (κ3) is 2.41. The lowest BCUT2D eigenvalue weighted by atomic mass is 9.54. The van der Waals surface area contributed by atoms with Crippen molar-refractivity contribution in [2.75, 3.05) is 5.73 Å². The first-order valence-electron chi connectivity index (χ1n) is 8.61. The van der Waals surface area contributed by atoms with Gasteiger partial charge in [0.2, 0.25) is 0 Å². The fourth-order valence-electron chi connectivity index (χ4n) is 5.38. The van der Waals surface area contributed by atoms with Crippen LogP contribution in [0.15, 0.2) is 24.3 Å². The second-order valence-electron chi connectivity index (χ2n) is 7.91. The lowest BCUT2D eigenvalue weighted by Crippen LogP contribution is -2.53. The standard InChI is InChI=1S/C19H25NO2/c1-12(16-2-4-17(20)5-3-16)18(21)22-19-9-13-6-14(10-19)8-15(7-13)11-19/h2-5,12-15H,6-11,20H2,1H3. The Labute approximate surface area is 132 Å². The van der Waals surface area contributed by atoms with Crippen molar-refractivity contribution in [1.29, 1.82) is 0 Å². The molecule has 0 aliphatic heterocycles. The van der Waals surface area contributed by atoms with Crippen LogP contribution in [0.3, 0.4) is 0 Å². The summed E-state index contributed by atoms with van der Waals surface area (Å²) in [7, 11) is 0. The monoisotopic (exact) mass is 299 g/mol. The fraction of sp³-hybridized carbons (Fsp3) is 0.632. The third-order valence-corrected chi connectivity index (χ3v) is 6.09. The molecule has 0 spiro atoms. The first-order chi connectivity index (χ1) is 10.5. The maximum absolute atomic E-state index is 12.7. The zero-order chi connectivity index (χ0) is 15.3. The zero-order valence-electron chi connectivity index (χ0n) is 13.3. The summed E-state index contributed by atoms with van der Waals surface area (Å²) in [6.45, 7) is 1.94. The Morgan fingerprint density at radius 1 is 1.09 bits per heavy atom. The average Bonchev–Trinajstić information content (AvgIpc) is 2.45. The van der Waals surface area contributed by atoms with Crippen molar-refractivity contribution in [2.24, 2.45) is 17.8 Å². The summed E-state index contributed by atoms with van der Waals surface area (Å²) >= 11 is 0. The Balaban J connectivity index is 1.48. The number of hydrogen-bond acceptors (Lipinski definition) is 3. The molecule has 0 amide bonds. The molecule has 4 aliphatic rings. The number of carbonyl (C=O) groups is 1. The summed E-state index contributed by atoms with van der Waals surface area (Å²) in [5.74, 6) is 2.11. The van der Waals surface area contributed by atoms with E-state index in [1.165, 1.54) is 19.3 Å². The van der Waals surface area contributed by atoms with E-state index in [1.807, 2.05) is 31.2 Å². The van der Waals surface area contributed by atoms with Crippen LogP contribution >= 0.6 is 0 Å². The van der Waals surface area contributed by atoms with E-state index in [0.717, 1.165) is 48.3 Å². The highest BCUT2D eigenvalue weighted by Crippen LogP contribution is 2.57. The van der Waals surface area contributed by atoms with Crippen molar-refractivity contribution in [3.8, 4) is 0 Å². The molecule has 3 heteroatoms. The predicted molar refractivity (Wildman–Crippen MR) is 86.3 cm³/mol. The van der Waals surface area contributed by atoms with E-state index in [1.54, 1.807) is 0 Å². The molecule has 0 heterocycles. The molecule has 22 heavy (non-hydrogen) atoms. The summed E-state index contributed by atoms with van der Waals surface area (Å²) < 4.78 is 6.13. The maximum atomic E-state index is 12.7. The summed E-state index contributed by atoms with van der Waals surface area (Å²) in [6, 6.07) is 7.57. The van der Waals surface area contributed by atoms with Gasteiger partial charge in [-0.2, -0.15) is 0 Å². The highest BCUT2D eigenvalue weighted by molar-refractivity contribution is 5.78. The van der Waals surface area contributed by atoms with Gasteiger partial charge >= 0.3 is 5.97 Å². The Morgan fingerprint density at radius 3 is 2.09 bits per heavy atom. The highest BCUT2D eigenvalue weighted by Gasteiger charge is 2.53. The van der Waals surface area contributed by atoms with Crippen LogP contribution in [0.1, 0.15) is 56.9 Å². The predicted octanol–water partition coefficient (Wildman–Crippen LogP) is 3.88. The molecule has 3 nitrogen and oxygen atoms in total. The molecule has 5 rings (SSSR count). The largest absolute Gasteiger partial charge is 0.459 e. The van der Waals surface area contributed by atoms with Crippen LogP contribution in [0.4, 0.5) is 5.69 Å². The lowest BCUT2D eigenvalue weighted by Gasteiger charge is -2.55. The molecule has 4 saturated carbocycles. The molecule has 4 fully saturated rings. The summed E-state index contributed by atoms with van der Waals surface area (Å²) in [5, 5.41) is 0. The minimum absolute atomic E-state index is 0.0632. The molecule has 0 radical (unpaired) electrons. The van der Waals surface area contributed by atoms with E-state index < -0.39 is 0 Å². The smallest absolute Gasteiger partial charge is 0.313 e. The molecule has 1 unspecified atom stereocenters. The molecule has 1 atom stereocenters. The van der Waals surface area contributed by atoms with Gasteiger partial charge in [-0.3, -0.25) is 4.79 Å². The summed E-state index contributed by atoms with van der Waals surface area (Å²) in [5.41, 5.74) is 7.29. The molecular weight excluding hydrogens is 274 g/mol. The minimum atomic E-state index is -0.214. The molecule has 0 saturated heterocycles. The van der Waals surface area contributed by atoms with Crippen molar-refractivity contribution in [3.05, 3.63) is 29.8 Å². The van der Waals surface area contributed by atoms with E-state index in [-0.39, 0.29) is 17.5 Å². The van der Waals surface area contributed by atoms with E-state index in [4.69, 9.17) is 10.5 Å². The fourth-order valence-corrected chi connectivity index (χ4v) is 5.38. The van der Waals surface area contributed by atoms with E-state index in [2.05, 4.69) is 0 Å². The molecule has 4 aliphatic carbocycles. The van der Waals surface area contributed by atoms with Crippen molar-refractivity contribution in [3.63, 3.8) is 0 Å². The Hall–Kier alpha value is -1.51. The number of ether oxygens (including phenoxy) is 1. The van der Waals surface area contributed by atoms with Crippen LogP contribution in [0.25, 0.3) is 0 Å². The number of carbonyl (C=O) groups excluding carboxylic acids is 1. The first-order valence-corrected chi connectivity index (χ1v) is 8.61. The third-order valence-electron chi connectivity index (χ3n) is 6.09. The molecule has 118 valence electrons. The van der Waals surface area contributed by atoms with Gasteiger partial charge < -0.3 is 10.5 Å². The van der Waals surface area contributed by atoms with Crippen LogP contribution in [-0.2, 0) is 9.53 Å². The van der Waals surface area contributed by atoms with Gasteiger partial charge in [0.05, 0.1) is 5.92 Å². The normalized spacial score (nSPS) is 37.0. The van der Waals surface area contributed by atoms with E-state index >= 15 is 0 Å². The van der Waals surface area contributed by atoms with Gasteiger partial charge in [0.15, 0.2) is 0 Å². The number of esters is 1. The van der Waals surface area contributed by atoms with Gasteiger partial charge in [-0.1, -0.05) is 12.1 Å². The molecule has 0 aromatic heterocycles. The second-order valence-corrected chi connectivity index (χ2v) is 7.91. The number of nitrogen functional groups attached to an aromatic ring is 1. The first kappa shape index (κ1) is 14.1. The van der Waals surface area contributed by atoms with Crippen molar-refractivity contribution in [1.82, 2.24) is 0 Å². The molecule has 4 bridgehead atoms. The summed E-state index contributed by atoms with van der Waals surface area (Å²) in [6.07, 6.45) is 7.39. The number of nitrogens with two attached hydrogens (primary N) is 1. The topological polar surface area (TPSA) is 52.3 Å². The molecular formula is C19H25NO2. The van der Waals surface area contributed by atoms with Crippen LogP contribution in [0, 0.1) is 17.8 Å². The van der Waals surface area contributed by atoms with Gasteiger partial charge in [-0.05, 0) is 80.9 Å². The van der Waals surface area contributed by atoms with Crippen LogP contribution in [0.2, 0.25) is 0 Å². The number of anilines is 1. The van der Waals surface area contributed by atoms with Crippen molar-refractivity contribution in [2.45, 2.75) is 57.0 Å². The number of benzene rings is 1. The van der Waals surface area contributed by atoms with Crippen LogP contribution in [-0.4, -0.2) is 11.6 Å². The Bertz CT molecular complexity index is 542. The average molecular weight is 299 g/mol. The molecule has 1 aromatic carbocycles. The quantitative estimate of drug-likeness (QED) is 0.680. The van der Waals surface area contributed by atoms with Crippen molar-refractivity contribution < 1.29 is 9.53 Å². The van der Waals surface area contributed by atoms with Gasteiger partial charge in [0.1, 0.15) is 5.60 Å². The van der Waals surface area contributed by atoms with Crippen molar-refractivity contribution >= 4 is 11.7 Å². The van der Waals surface area contributed by atoms with E-state index in [9.17, 15) is 4.79 Å². The molecule has 2 N–H and O–H groups in total. The number of hydrogen-bond donors (Lipinski definition) is 1. The molecule has 1 aromatic rings. The highest BCUT2D eigenvalue weighted by atomic mass is 16.6. The van der Waals surface area contributed by atoms with Gasteiger partial charge in [-0.15, -0.1) is 0 Å². The van der Waals surface area contributed by atoms with Gasteiger partial charge in [-0.25, -0.2) is 0 Å². The Morgan fingerprint density at radius 2 is 1.59 bits per heavy atom. The van der Waals surface area contributed by atoms with Crippen LogP contribution < -0.4 is 5.73 Å². The van der Waals surface area contributed by atoms with Gasteiger partial charge in [0.25, 0.3) is 0 Å².